The third-order valence-electron chi connectivity index (χ3n) is 15.6. The van der Waals surface area contributed by atoms with E-state index in [2.05, 4.69) is 55.4 Å². The predicted octanol–water partition coefficient (Wildman–Crippen LogP) is 18.9. The summed E-state index contributed by atoms with van der Waals surface area (Å²) in [7, 11) is -9.90. The Morgan fingerprint density at radius 2 is 0.483 bits per heavy atom. The molecule has 0 aliphatic heterocycles. The van der Waals surface area contributed by atoms with Crippen LogP contribution in [0.2, 0.25) is 0 Å². The lowest BCUT2D eigenvalue weighted by Gasteiger charge is -2.21. The first kappa shape index (κ1) is 85.1. The van der Waals surface area contributed by atoms with Crippen molar-refractivity contribution in [2.45, 2.75) is 350 Å². The molecule has 0 rings (SSSR count). The smallest absolute Gasteiger partial charge is 0.462 e. The molecule has 87 heavy (non-hydrogen) atoms. The third kappa shape index (κ3) is 62.6. The summed E-state index contributed by atoms with van der Waals surface area (Å²) in [6, 6.07) is 0. The summed E-state index contributed by atoms with van der Waals surface area (Å²) in [5.41, 5.74) is 0. The Hall–Kier alpha value is -1.94. The summed E-state index contributed by atoms with van der Waals surface area (Å²) >= 11 is 0. The topological polar surface area (TPSA) is 237 Å². The first-order chi connectivity index (χ1) is 41.6. The van der Waals surface area contributed by atoms with E-state index in [4.69, 9.17) is 37.0 Å². The quantitative estimate of drug-likeness (QED) is 0.0222. The molecule has 3 N–H and O–H groups in total. The maximum absolute atomic E-state index is 13.0. The van der Waals surface area contributed by atoms with Crippen LogP contribution in [0.15, 0.2) is 0 Å². The molecule has 19 heteroatoms. The first-order valence-electron chi connectivity index (χ1n) is 35.2. The van der Waals surface area contributed by atoms with Crippen LogP contribution in [0.3, 0.4) is 0 Å². The Kier molecular flexibility index (Phi) is 56.6. The van der Waals surface area contributed by atoms with Gasteiger partial charge in [-0.1, -0.05) is 280 Å². The van der Waals surface area contributed by atoms with Gasteiger partial charge >= 0.3 is 39.5 Å². The normalized spacial score (nSPS) is 14.3. The summed E-state index contributed by atoms with van der Waals surface area (Å²) in [6.07, 6.45) is 39.3. The molecular formula is C68H132O17P2. The van der Waals surface area contributed by atoms with Crippen LogP contribution in [0.5, 0.6) is 0 Å². The van der Waals surface area contributed by atoms with Crippen LogP contribution in [0.25, 0.3) is 0 Å². The molecule has 0 aromatic carbocycles. The second kappa shape index (κ2) is 57.9. The Morgan fingerprint density at radius 1 is 0.287 bits per heavy atom. The van der Waals surface area contributed by atoms with Crippen LogP contribution in [-0.4, -0.2) is 96.7 Å². The maximum atomic E-state index is 13.0. The Morgan fingerprint density at radius 3 is 0.713 bits per heavy atom. The highest BCUT2D eigenvalue weighted by Crippen LogP contribution is 2.45. The SMILES string of the molecule is CC(C)CCCCCCCCCCCCCCCCC(=O)O[C@H](COC(=O)CCCCCCCCC(C)C)COP(=O)(O)OC[C@@H](O)COP(=O)(O)OC[C@@H](COC(=O)CCCCCCCCC(C)C)OC(=O)CCCCCCCCCCCC(C)C. The van der Waals surface area contributed by atoms with E-state index in [1.165, 1.54) is 122 Å². The number of hydrogen-bond donors (Lipinski definition) is 3. The molecule has 0 fully saturated rings. The maximum Gasteiger partial charge on any atom is 0.472 e. The summed E-state index contributed by atoms with van der Waals surface area (Å²) in [5.74, 6) is 0.754. The van der Waals surface area contributed by atoms with Crippen LogP contribution in [0.1, 0.15) is 331 Å². The molecular weight excluding hydrogens is 1150 g/mol. The average Bonchev–Trinajstić information content (AvgIpc) is 3.67. The average molecular weight is 1280 g/mol. The van der Waals surface area contributed by atoms with Crippen molar-refractivity contribution in [1.29, 1.82) is 0 Å². The fourth-order valence-electron chi connectivity index (χ4n) is 10.1. The minimum absolute atomic E-state index is 0.104. The van der Waals surface area contributed by atoms with Crippen molar-refractivity contribution in [2.75, 3.05) is 39.6 Å². The van der Waals surface area contributed by atoms with Crippen LogP contribution in [-0.2, 0) is 65.4 Å². The van der Waals surface area contributed by atoms with Gasteiger partial charge in [0.25, 0.3) is 0 Å². The van der Waals surface area contributed by atoms with Gasteiger partial charge in [-0.3, -0.25) is 37.3 Å². The van der Waals surface area contributed by atoms with E-state index in [1.54, 1.807) is 0 Å². The standard InChI is InChI=1S/C68H132O17P2/c1-58(2)44-36-28-20-16-13-11-9-10-12-14-18-22-34-42-50-67(72)84-63(54-78-65(70)48-40-32-26-24-30-38-46-60(5)6)56-82-86(74,75)80-52-62(69)53-81-87(76,77)83-57-64(55-79-66(71)49-41-33-27-25-31-39-47-61(7)8)85-68(73)51-43-35-23-19-15-17-21-29-37-45-59(3)4/h58-64,69H,9-57H2,1-8H3,(H,74,75)(H,76,77)/t62-,63-,64-/m1/s1. The largest absolute Gasteiger partial charge is 0.472 e. The number of phosphoric acid groups is 2. The minimum atomic E-state index is -4.95. The second-order valence-corrected chi connectivity index (χ2v) is 29.4. The molecule has 0 radical (unpaired) electrons. The van der Waals surface area contributed by atoms with Gasteiger partial charge in [0.2, 0.25) is 0 Å². The monoisotopic (exact) mass is 1280 g/mol. The molecule has 0 heterocycles. The van der Waals surface area contributed by atoms with E-state index in [-0.39, 0.29) is 25.7 Å². The summed E-state index contributed by atoms with van der Waals surface area (Å²) < 4.78 is 68.1. The molecule has 0 bridgehead atoms. The van der Waals surface area contributed by atoms with Crippen molar-refractivity contribution in [3.8, 4) is 0 Å². The molecule has 516 valence electrons. The van der Waals surface area contributed by atoms with E-state index < -0.39 is 97.5 Å². The zero-order valence-electron chi connectivity index (χ0n) is 56.6. The molecule has 0 saturated carbocycles. The predicted molar refractivity (Wildman–Crippen MR) is 349 cm³/mol. The van der Waals surface area contributed by atoms with E-state index in [9.17, 15) is 43.2 Å². The van der Waals surface area contributed by atoms with Crippen molar-refractivity contribution >= 4 is 39.5 Å². The fraction of sp³-hybridized carbons (Fsp3) is 0.941. The number of esters is 4. The number of unbranched alkanes of at least 4 members (excludes halogenated alkanes) is 31. The van der Waals surface area contributed by atoms with Crippen LogP contribution in [0, 0.1) is 23.7 Å². The van der Waals surface area contributed by atoms with Crippen LogP contribution >= 0.6 is 15.6 Å². The molecule has 0 saturated heterocycles. The highest BCUT2D eigenvalue weighted by molar-refractivity contribution is 7.47. The van der Waals surface area contributed by atoms with Crippen molar-refractivity contribution < 1.29 is 80.2 Å². The molecule has 0 aromatic heterocycles. The van der Waals surface area contributed by atoms with Crippen LogP contribution < -0.4 is 0 Å². The van der Waals surface area contributed by atoms with Crippen molar-refractivity contribution in [2.24, 2.45) is 23.7 Å². The summed E-state index contributed by atoms with van der Waals surface area (Å²) in [4.78, 5) is 72.3. The highest BCUT2D eigenvalue weighted by Gasteiger charge is 2.30. The molecule has 5 atom stereocenters. The van der Waals surface area contributed by atoms with Crippen molar-refractivity contribution in [3.05, 3.63) is 0 Å². The number of carbonyl (C=O) groups is 4. The van der Waals surface area contributed by atoms with Gasteiger partial charge < -0.3 is 33.8 Å². The van der Waals surface area contributed by atoms with Gasteiger partial charge in [0.15, 0.2) is 12.2 Å². The lowest BCUT2D eigenvalue weighted by Crippen LogP contribution is -2.30. The molecule has 0 aliphatic carbocycles. The molecule has 0 amide bonds. The van der Waals surface area contributed by atoms with Crippen molar-refractivity contribution in [1.82, 2.24) is 0 Å². The number of hydrogen-bond acceptors (Lipinski definition) is 15. The molecule has 2 unspecified atom stereocenters. The second-order valence-electron chi connectivity index (χ2n) is 26.5. The zero-order chi connectivity index (χ0) is 64.7. The number of aliphatic hydroxyl groups is 1. The van der Waals surface area contributed by atoms with Crippen LogP contribution in [0.4, 0.5) is 0 Å². The summed E-state index contributed by atoms with van der Waals surface area (Å²) in [5, 5.41) is 10.6. The van der Waals surface area contributed by atoms with E-state index in [0.29, 0.717) is 37.5 Å². The number of phosphoric ester groups is 2. The number of aliphatic hydroxyl groups excluding tert-OH is 1. The molecule has 0 aromatic rings. The van der Waals surface area contributed by atoms with E-state index >= 15 is 0 Å². The zero-order valence-corrected chi connectivity index (χ0v) is 58.4. The third-order valence-corrected chi connectivity index (χ3v) is 17.5. The Labute approximate surface area is 530 Å². The van der Waals surface area contributed by atoms with Gasteiger partial charge in [-0.2, -0.15) is 0 Å². The van der Waals surface area contributed by atoms with Gasteiger partial charge in [-0.05, 0) is 49.4 Å². The summed E-state index contributed by atoms with van der Waals surface area (Å²) in [6.45, 7) is 14.0. The number of rotatable bonds is 65. The van der Waals surface area contributed by atoms with E-state index in [0.717, 1.165) is 115 Å². The Balaban J connectivity index is 5.21. The lowest BCUT2D eigenvalue weighted by molar-refractivity contribution is -0.161. The number of carbonyl (C=O) groups excluding carboxylic acids is 4. The fourth-order valence-corrected chi connectivity index (χ4v) is 11.7. The first-order valence-corrected chi connectivity index (χ1v) is 38.2. The van der Waals surface area contributed by atoms with Gasteiger partial charge in [-0.15, -0.1) is 0 Å². The minimum Gasteiger partial charge on any atom is -0.462 e. The van der Waals surface area contributed by atoms with Gasteiger partial charge in [0, 0.05) is 25.7 Å². The number of ether oxygens (including phenoxy) is 4. The molecule has 0 spiro atoms. The highest BCUT2D eigenvalue weighted by atomic mass is 31.2. The van der Waals surface area contributed by atoms with E-state index in [1.807, 2.05) is 0 Å². The van der Waals surface area contributed by atoms with Gasteiger partial charge in [-0.25, -0.2) is 9.13 Å². The molecule has 0 aliphatic rings. The molecule has 17 nitrogen and oxygen atoms in total. The Bertz CT molecular complexity index is 1730. The van der Waals surface area contributed by atoms with Gasteiger partial charge in [0.1, 0.15) is 19.3 Å². The lowest BCUT2D eigenvalue weighted by atomic mass is 10.0. The van der Waals surface area contributed by atoms with Crippen molar-refractivity contribution in [3.63, 3.8) is 0 Å². The van der Waals surface area contributed by atoms with Gasteiger partial charge in [0.05, 0.1) is 26.4 Å².